The van der Waals surface area contributed by atoms with Crippen molar-refractivity contribution in [3.8, 4) is 11.5 Å². The van der Waals surface area contributed by atoms with E-state index in [9.17, 15) is 9.18 Å². The van der Waals surface area contributed by atoms with E-state index in [1.54, 1.807) is 12.1 Å². The number of methoxy groups -OCH3 is 2. The highest BCUT2D eigenvalue weighted by molar-refractivity contribution is 6.31. The summed E-state index contributed by atoms with van der Waals surface area (Å²) in [6, 6.07) is 8.99. The Morgan fingerprint density at radius 3 is 2.59 bits per heavy atom. The second-order valence-corrected chi connectivity index (χ2v) is 4.75. The number of halogens is 2. The zero-order valence-electron chi connectivity index (χ0n) is 12.1. The van der Waals surface area contributed by atoms with Crippen LogP contribution in [-0.2, 0) is 11.3 Å². The van der Waals surface area contributed by atoms with Gasteiger partial charge in [0.05, 0.1) is 24.8 Å². The molecular formula is C16H14ClFO4. The largest absolute Gasteiger partial charge is 0.493 e. The average Bonchev–Trinajstić information content (AvgIpc) is 2.53. The van der Waals surface area contributed by atoms with Gasteiger partial charge in [0.15, 0.2) is 11.5 Å². The summed E-state index contributed by atoms with van der Waals surface area (Å²) in [6.45, 7) is -0.0561. The molecule has 0 aliphatic carbocycles. The molecule has 0 spiro atoms. The first-order valence-electron chi connectivity index (χ1n) is 6.39. The summed E-state index contributed by atoms with van der Waals surface area (Å²) < 4.78 is 29.0. The molecule has 116 valence electrons. The van der Waals surface area contributed by atoms with Crippen LogP contribution in [-0.4, -0.2) is 20.2 Å². The molecule has 4 nitrogen and oxygen atoms in total. The normalized spacial score (nSPS) is 10.2. The van der Waals surface area contributed by atoms with Crippen LogP contribution < -0.4 is 9.47 Å². The molecule has 0 aromatic heterocycles. The van der Waals surface area contributed by atoms with Gasteiger partial charge in [-0.2, -0.15) is 0 Å². The topological polar surface area (TPSA) is 44.8 Å². The minimum Gasteiger partial charge on any atom is -0.493 e. The van der Waals surface area contributed by atoms with Crippen LogP contribution in [0.3, 0.4) is 0 Å². The molecule has 0 N–H and O–H groups in total. The summed E-state index contributed by atoms with van der Waals surface area (Å²) >= 11 is 5.94. The fraction of sp³-hybridized carbons (Fsp3) is 0.188. The third-order valence-electron chi connectivity index (χ3n) is 3.02. The second kappa shape index (κ2) is 7.13. The van der Waals surface area contributed by atoms with E-state index < -0.39 is 11.8 Å². The molecule has 0 amide bonds. The number of benzene rings is 2. The van der Waals surface area contributed by atoms with Crippen LogP contribution in [0.1, 0.15) is 15.9 Å². The Hall–Kier alpha value is -2.27. The molecule has 2 aromatic carbocycles. The molecule has 0 heterocycles. The van der Waals surface area contributed by atoms with Gasteiger partial charge in [-0.15, -0.1) is 0 Å². The van der Waals surface area contributed by atoms with E-state index in [1.807, 2.05) is 0 Å². The Morgan fingerprint density at radius 2 is 1.95 bits per heavy atom. The van der Waals surface area contributed by atoms with Crippen LogP contribution >= 0.6 is 11.6 Å². The summed E-state index contributed by atoms with van der Waals surface area (Å²) in [5, 5.41) is 0.283. The van der Waals surface area contributed by atoms with E-state index in [0.717, 1.165) is 0 Å². The zero-order valence-corrected chi connectivity index (χ0v) is 12.8. The molecule has 2 rings (SSSR count). The molecule has 22 heavy (non-hydrogen) atoms. The monoisotopic (exact) mass is 324 g/mol. The van der Waals surface area contributed by atoms with Crippen LogP contribution in [0.5, 0.6) is 11.5 Å². The van der Waals surface area contributed by atoms with Crippen LogP contribution in [0.15, 0.2) is 36.4 Å². The number of carbonyl (C=O) groups is 1. The van der Waals surface area contributed by atoms with Crippen molar-refractivity contribution in [2.45, 2.75) is 6.61 Å². The van der Waals surface area contributed by atoms with Gasteiger partial charge < -0.3 is 14.2 Å². The van der Waals surface area contributed by atoms with Crippen LogP contribution in [0.25, 0.3) is 0 Å². The maximum absolute atomic E-state index is 13.7. The van der Waals surface area contributed by atoms with Gasteiger partial charge >= 0.3 is 5.97 Å². The number of hydrogen-bond donors (Lipinski definition) is 0. The molecule has 2 aromatic rings. The Labute approximate surface area is 132 Å². The lowest BCUT2D eigenvalue weighted by atomic mass is 10.2. The Morgan fingerprint density at radius 1 is 1.18 bits per heavy atom. The van der Waals surface area contributed by atoms with Crippen LogP contribution in [0.4, 0.5) is 4.39 Å². The van der Waals surface area contributed by atoms with Crippen molar-refractivity contribution in [2.24, 2.45) is 0 Å². The van der Waals surface area contributed by atoms with Crippen molar-refractivity contribution in [2.75, 3.05) is 14.2 Å². The lowest BCUT2D eigenvalue weighted by Crippen LogP contribution is -2.04. The highest BCUT2D eigenvalue weighted by Crippen LogP contribution is 2.30. The molecule has 0 atom stereocenters. The molecule has 0 fully saturated rings. The summed E-state index contributed by atoms with van der Waals surface area (Å²) in [5.74, 6) is -0.218. The van der Waals surface area contributed by atoms with Gasteiger partial charge in [-0.3, -0.25) is 0 Å². The first-order valence-corrected chi connectivity index (χ1v) is 6.76. The van der Waals surface area contributed by atoms with Gasteiger partial charge in [-0.1, -0.05) is 17.7 Å². The average molecular weight is 325 g/mol. The Bertz CT molecular complexity index is 668. The first-order chi connectivity index (χ1) is 10.6. The molecule has 0 bridgehead atoms. The third kappa shape index (κ3) is 3.49. The maximum Gasteiger partial charge on any atom is 0.337 e. The van der Waals surface area contributed by atoms with Crippen molar-refractivity contribution in [3.63, 3.8) is 0 Å². The lowest BCUT2D eigenvalue weighted by Gasteiger charge is -2.13. The minimum absolute atomic E-state index is 0.0561. The second-order valence-electron chi connectivity index (χ2n) is 4.35. The van der Waals surface area contributed by atoms with Gasteiger partial charge in [0.1, 0.15) is 12.4 Å². The van der Waals surface area contributed by atoms with Gasteiger partial charge in [-0.25, -0.2) is 9.18 Å². The first kappa shape index (κ1) is 16.1. The SMILES string of the molecule is COC(=O)c1ccc(OCc2c(F)cccc2Cl)c(OC)c1. The van der Waals surface area contributed by atoms with Crippen LogP contribution in [0.2, 0.25) is 5.02 Å². The van der Waals surface area contributed by atoms with Crippen molar-refractivity contribution in [3.05, 3.63) is 58.4 Å². The number of rotatable bonds is 5. The highest BCUT2D eigenvalue weighted by Gasteiger charge is 2.13. The molecule has 0 aliphatic heterocycles. The fourth-order valence-corrected chi connectivity index (χ4v) is 2.07. The van der Waals surface area contributed by atoms with Crippen LogP contribution in [0, 0.1) is 5.82 Å². The maximum atomic E-state index is 13.7. The van der Waals surface area contributed by atoms with Gasteiger partial charge in [-0.05, 0) is 30.3 Å². The molecule has 6 heteroatoms. The van der Waals surface area contributed by atoms with E-state index in [0.29, 0.717) is 17.1 Å². The van der Waals surface area contributed by atoms with E-state index in [1.165, 1.54) is 38.5 Å². The number of hydrogen-bond acceptors (Lipinski definition) is 4. The molecule has 0 radical (unpaired) electrons. The van der Waals surface area contributed by atoms with Gasteiger partial charge in [0.25, 0.3) is 0 Å². The third-order valence-corrected chi connectivity index (χ3v) is 3.37. The fourth-order valence-electron chi connectivity index (χ4n) is 1.85. The summed E-state index contributed by atoms with van der Waals surface area (Å²) in [5.41, 5.74) is 0.582. The summed E-state index contributed by atoms with van der Waals surface area (Å²) in [6.07, 6.45) is 0. The van der Waals surface area contributed by atoms with E-state index in [4.69, 9.17) is 21.1 Å². The Balaban J connectivity index is 2.21. The quantitative estimate of drug-likeness (QED) is 0.784. The zero-order chi connectivity index (χ0) is 16.1. The molecule has 0 saturated heterocycles. The lowest BCUT2D eigenvalue weighted by molar-refractivity contribution is 0.0600. The van der Waals surface area contributed by atoms with Gasteiger partial charge in [0.2, 0.25) is 0 Å². The van der Waals surface area contributed by atoms with Crippen molar-refractivity contribution < 1.29 is 23.4 Å². The highest BCUT2D eigenvalue weighted by atomic mass is 35.5. The summed E-state index contributed by atoms with van der Waals surface area (Å²) in [4.78, 5) is 11.5. The minimum atomic E-state index is -0.484. The van der Waals surface area contributed by atoms with E-state index in [2.05, 4.69) is 4.74 Å². The molecular weight excluding hydrogens is 311 g/mol. The molecule has 0 unspecified atom stereocenters. The number of carbonyl (C=O) groups excluding carboxylic acids is 1. The molecule has 0 saturated carbocycles. The van der Waals surface area contributed by atoms with E-state index >= 15 is 0 Å². The number of esters is 1. The van der Waals surface area contributed by atoms with Gasteiger partial charge in [0, 0.05) is 5.56 Å². The Kier molecular flexibility index (Phi) is 5.22. The van der Waals surface area contributed by atoms with Crippen molar-refractivity contribution in [1.82, 2.24) is 0 Å². The van der Waals surface area contributed by atoms with Crippen molar-refractivity contribution in [1.29, 1.82) is 0 Å². The predicted octanol–water partition coefficient (Wildman–Crippen LogP) is 3.85. The predicted molar refractivity (Wildman–Crippen MR) is 80.1 cm³/mol. The smallest absolute Gasteiger partial charge is 0.337 e. The number of ether oxygens (including phenoxy) is 3. The summed E-state index contributed by atoms with van der Waals surface area (Å²) in [7, 11) is 2.73. The standard InChI is InChI=1S/C16H14ClFO4/c1-20-15-8-10(16(19)21-2)6-7-14(15)22-9-11-12(17)4-3-5-13(11)18/h3-8H,9H2,1-2H3. The van der Waals surface area contributed by atoms with E-state index in [-0.39, 0.29) is 17.2 Å². The van der Waals surface area contributed by atoms with Crippen molar-refractivity contribution >= 4 is 17.6 Å². The molecule has 0 aliphatic rings.